The van der Waals surface area contributed by atoms with Gasteiger partial charge in [-0.1, -0.05) is 0 Å². The van der Waals surface area contributed by atoms with Crippen LogP contribution in [0.2, 0.25) is 0 Å². The van der Waals surface area contributed by atoms with E-state index in [2.05, 4.69) is 24.1 Å². The highest BCUT2D eigenvalue weighted by Crippen LogP contribution is 2.11. The molecule has 0 aromatic rings. The monoisotopic (exact) mass is 255 g/mol. The number of urea groups is 1. The molecule has 2 fully saturated rings. The summed E-state index contributed by atoms with van der Waals surface area (Å²) in [5.74, 6) is 0. The van der Waals surface area contributed by atoms with E-state index in [-0.39, 0.29) is 12.1 Å². The van der Waals surface area contributed by atoms with Crippen LogP contribution in [0.3, 0.4) is 0 Å². The van der Waals surface area contributed by atoms with Crippen molar-refractivity contribution in [2.75, 3.05) is 39.3 Å². The summed E-state index contributed by atoms with van der Waals surface area (Å²) in [6.07, 6.45) is 2.42. The molecule has 5 nitrogen and oxygen atoms in total. The van der Waals surface area contributed by atoms with Gasteiger partial charge >= 0.3 is 6.03 Å². The van der Waals surface area contributed by atoms with Gasteiger partial charge in [-0.3, -0.25) is 4.90 Å². The molecule has 1 atom stereocenters. The van der Waals surface area contributed by atoms with Crippen molar-refractivity contribution >= 4 is 6.03 Å². The molecule has 0 bridgehead atoms. The van der Waals surface area contributed by atoms with Crippen LogP contribution in [0.1, 0.15) is 26.7 Å². The van der Waals surface area contributed by atoms with Crippen molar-refractivity contribution in [3.8, 4) is 0 Å². The number of hydrogen-bond donors (Lipinski definition) is 1. The molecule has 2 heterocycles. The fraction of sp³-hybridized carbons (Fsp3) is 0.923. The molecule has 2 amide bonds. The summed E-state index contributed by atoms with van der Waals surface area (Å²) in [6, 6.07) is 0.635. The Morgan fingerprint density at radius 1 is 1.33 bits per heavy atom. The molecule has 18 heavy (non-hydrogen) atoms. The molecular formula is C13H25N3O2. The molecule has 1 N–H and O–H groups in total. The molecule has 0 radical (unpaired) electrons. The van der Waals surface area contributed by atoms with E-state index in [0.717, 1.165) is 45.6 Å². The van der Waals surface area contributed by atoms with Crippen molar-refractivity contribution in [2.45, 2.75) is 38.8 Å². The van der Waals surface area contributed by atoms with Crippen LogP contribution in [-0.2, 0) is 4.74 Å². The van der Waals surface area contributed by atoms with E-state index in [1.54, 1.807) is 0 Å². The van der Waals surface area contributed by atoms with Crippen LogP contribution in [0.25, 0.3) is 0 Å². The van der Waals surface area contributed by atoms with Crippen molar-refractivity contribution in [1.82, 2.24) is 15.1 Å². The van der Waals surface area contributed by atoms with Crippen LogP contribution in [0.5, 0.6) is 0 Å². The Hall–Kier alpha value is -0.810. The van der Waals surface area contributed by atoms with Gasteiger partial charge in [0.05, 0.1) is 6.10 Å². The van der Waals surface area contributed by atoms with E-state index in [9.17, 15) is 4.79 Å². The Balaban J connectivity index is 1.67. The SMILES string of the molecule is CC(C)N1CCN(C(=O)NCC2CCCO2)CC1. The Morgan fingerprint density at radius 3 is 2.61 bits per heavy atom. The van der Waals surface area contributed by atoms with E-state index in [1.165, 1.54) is 0 Å². The number of nitrogens with one attached hydrogen (secondary N) is 1. The average Bonchev–Trinajstić information content (AvgIpc) is 2.89. The molecule has 104 valence electrons. The minimum Gasteiger partial charge on any atom is -0.376 e. The summed E-state index contributed by atoms with van der Waals surface area (Å²) in [6.45, 7) is 9.51. The van der Waals surface area contributed by atoms with E-state index >= 15 is 0 Å². The Kier molecular flexibility index (Phi) is 4.83. The van der Waals surface area contributed by atoms with Crippen molar-refractivity contribution < 1.29 is 9.53 Å². The molecule has 0 spiro atoms. The third kappa shape index (κ3) is 3.59. The number of carbonyl (C=O) groups excluding carboxylic acids is 1. The maximum atomic E-state index is 12.0. The second-order valence-corrected chi connectivity index (χ2v) is 5.44. The zero-order chi connectivity index (χ0) is 13.0. The maximum absolute atomic E-state index is 12.0. The number of carbonyl (C=O) groups is 1. The number of ether oxygens (including phenoxy) is 1. The predicted molar refractivity (Wildman–Crippen MR) is 70.7 cm³/mol. The number of hydrogen-bond acceptors (Lipinski definition) is 3. The third-order valence-corrected chi connectivity index (χ3v) is 3.84. The van der Waals surface area contributed by atoms with Gasteiger partial charge in [0.25, 0.3) is 0 Å². The van der Waals surface area contributed by atoms with Gasteiger partial charge in [0, 0.05) is 45.4 Å². The van der Waals surface area contributed by atoms with Crippen LogP contribution in [0.15, 0.2) is 0 Å². The van der Waals surface area contributed by atoms with E-state index in [1.807, 2.05) is 4.90 Å². The van der Waals surface area contributed by atoms with Gasteiger partial charge in [0.1, 0.15) is 0 Å². The van der Waals surface area contributed by atoms with Crippen molar-refractivity contribution in [2.24, 2.45) is 0 Å². The Morgan fingerprint density at radius 2 is 2.06 bits per heavy atom. The predicted octanol–water partition coefficient (Wildman–Crippen LogP) is 0.901. The smallest absolute Gasteiger partial charge is 0.317 e. The zero-order valence-electron chi connectivity index (χ0n) is 11.5. The first kappa shape index (κ1) is 13.6. The van der Waals surface area contributed by atoms with Gasteiger partial charge in [-0.15, -0.1) is 0 Å². The topological polar surface area (TPSA) is 44.8 Å². The minimum atomic E-state index is 0.0638. The van der Waals surface area contributed by atoms with Gasteiger partial charge in [0.2, 0.25) is 0 Å². The summed E-state index contributed by atoms with van der Waals surface area (Å²) in [4.78, 5) is 16.3. The summed E-state index contributed by atoms with van der Waals surface area (Å²) in [5.41, 5.74) is 0. The number of piperazine rings is 1. The van der Waals surface area contributed by atoms with Crippen molar-refractivity contribution in [3.05, 3.63) is 0 Å². The van der Waals surface area contributed by atoms with Crippen LogP contribution in [0.4, 0.5) is 4.79 Å². The molecular weight excluding hydrogens is 230 g/mol. The van der Waals surface area contributed by atoms with Crippen LogP contribution < -0.4 is 5.32 Å². The maximum Gasteiger partial charge on any atom is 0.317 e. The summed E-state index contributed by atoms with van der Waals surface area (Å²) in [5, 5.41) is 2.98. The largest absolute Gasteiger partial charge is 0.376 e. The molecule has 2 aliphatic heterocycles. The highest BCUT2D eigenvalue weighted by Gasteiger charge is 2.23. The summed E-state index contributed by atoms with van der Waals surface area (Å²) in [7, 11) is 0. The molecule has 0 saturated carbocycles. The van der Waals surface area contributed by atoms with E-state index < -0.39 is 0 Å². The highest BCUT2D eigenvalue weighted by molar-refractivity contribution is 5.74. The van der Waals surface area contributed by atoms with Gasteiger partial charge in [-0.05, 0) is 26.7 Å². The number of amides is 2. The van der Waals surface area contributed by atoms with Gasteiger partial charge in [-0.25, -0.2) is 4.79 Å². The van der Waals surface area contributed by atoms with Crippen molar-refractivity contribution in [3.63, 3.8) is 0 Å². The van der Waals surface area contributed by atoms with Crippen LogP contribution >= 0.6 is 0 Å². The lowest BCUT2D eigenvalue weighted by molar-refractivity contribution is 0.100. The molecule has 1 unspecified atom stereocenters. The quantitative estimate of drug-likeness (QED) is 0.815. The lowest BCUT2D eigenvalue weighted by Crippen LogP contribution is -2.53. The molecule has 0 aromatic heterocycles. The van der Waals surface area contributed by atoms with E-state index in [0.29, 0.717) is 12.6 Å². The normalized spacial score (nSPS) is 25.7. The van der Waals surface area contributed by atoms with Gasteiger partial charge < -0.3 is 15.0 Å². The molecule has 2 saturated heterocycles. The lowest BCUT2D eigenvalue weighted by Gasteiger charge is -2.36. The molecule has 2 rings (SSSR count). The van der Waals surface area contributed by atoms with Crippen LogP contribution in [0, 0.1) is 0 Å². The standard InChI is InChI=1S/C13H25N3O2/c1-11(2)15-5-7-16(8-6-15)13(17)14-10-12-4-3-9-18-12/h11-12H,3-10H2,1-2H3,(H,14,17). The first-order valence-electron chi connectivity index (χ1n) is 7.05. The molecule has 0 aromatic carbocycles. The number of rotatable bonds is 3. The summed E-state index contributed by atoms with van der Waals surface area (Å²) >= 11 is 0. The van der Waals surface area contributed by atoms with Gasteiger partial charge in [-0.2, -0.15) is 0 Å². The molecule has 5 heteroatoms. The Labute approximate surface area is 109 Å². The molecule has 0 aliphatic carbocycles. The second kappa shape index (κ2) is 6.38. The Bertz CT molecular complexity index is 269. The lowest BCUT2D eigenvalue weighted by atomic mass is 10.2. The van der Waals surface area contributed by atoms with Crippen molar-refractivity contribution in [1.29, 1.82) is 0 Å². The third-order valence-electron chi connectivity index (χ3n) is 3.84. The zero-order valence-corrected chi connectivity index (χ0v) is 11.5. The number of nitrogens with zero attached hydrogens (tertiary/aromatic N) is 2. The van der Waals surface area contributed by atoms with Crippen LogP contribution in [-0.4, -0.2) is 67.3 Å². The second-order valence-electron chi connectivity index (χ2n) is 5.44. The first-order valence-corrected chi connectivity index (χ1v) is 7.05. The highest BCUT2D eigenvalue weighted by atomic mass is 16.5. The molecule has 2 aliphatic rings. The van der Waals surface area contributed by atoms with Gasteiger partial charge in [0.15, 0.2) is 0 Å². The first-order chi connectivity index (χ1) is 8.66. The van der Waals surface area contributed by atoms with E-state index in [4.69, 9.17) is 4.74 Å². The fourth-order valence-corrected chi connectivity index (χ4v) is 2.56. The fourth-order valence-electron chi connectivity index (χ4n) is 2.56. The average molecular weight is 255 g/mol. The minimum absolute atomic E-state index is 0.0638. The summed E-state index contributed by atoms with van der Waals surface area (Å²) < 4.78 is 5.50.